The minimum atomic E-state index is -0.533. The highest BCUT2D eigenvalue weighted by Gasteiger charge is 2.14. The first-order chi connectivity index (χ1) is 9.51. The molecular weight excluding hydrogens is 282 g/mol. The van der Waals surface area contributed by atoms with E-state index in [-0.39, 0.29) is 22.1 Å². The van der Waals surface area contributed by atoms with Crippen molar-refractivity contribution in [2.24, 2.45) is 0 Å². The number of ether oxygens (including phenoxy) is 1. The van der Waals surface area contributed by atoms with Gasteiger partial charge < -0.3 is 20.3 Å². The second-order valence-corrected chi connectivity index (χ2v) is 4.41. The van der Waals surface area contributed by atoms with Crippen molar-refractivity contribution in [3.8, 4) is 17.2 Å². The van der Waals surface area contributed by atoms with Gasteiger partial charge in [-0.2, -0.15) is 0 Å². The van der Waals surface area contributed by atoms with Gasteiger partial charge in [0.15, 0.2) is 0 Å². The molecule has 0 aromatic heterocycles. The first-order valence-electron chi connectivity index (χ1n) is 5.68. The minimum Gasteiger partial charge on any atom is -0.508 e. The third-order valence-corrected chi connectivity index (χ3v) is 2.96. The smallest absolute Gasteiger partial charge is 0.259 e. The van der Waals surface area contributed by atoms with Crippen LogP contribution >= 0.6 is 11.6 Å². The van der Waals surface area contributed by atoms with Gasteiger partial charge in [-0.15, -0.1) is 0 Å². The molecule has 0 fully saturated rings. The lowest BCUT2D eigenvalue weighted by Gasteiger charge is -2.10. The number of hydrogen-bond donors (Lipinski definition) is 3. The molecule has 0 heterocycles. The molecule has 2 aromatic rings. The maximum absolute atomic E-state index is 12.1. The van der Waals surface area contributed by atoms with Crippen LogP contribution in [-0.2, 0) is 0 Å². The summed E-state index contributed by atoms with van der Waals surface area (Å²) in [5.74, 6) is -0.255. The highest BCUT2D eigenvalue weighted by atomic mass is 35.5. The number of methoxy groups -OCH3 is 1. The highest BCUT2D eigenvalue weighted by molar-refractivity contribution is 6.34. The molecule has 0 aliphatic carbocycles. The number of phenols is 2. The Morgan fingerprint density at radius 2 is 1.95 bits per heavy atom. The van der Waals surface area contributed by atoms with Gasteiger partial charge in [0.1, 0.15) is 17.2 Å². The molecule has 0 unspecified atom stereocenters. The van der Waals surface area contributed by atoms with Crippen LogP contribution in [-0.4, -0.2) is 23.2 Å². The Hall–Kier alpha value is -2.40. The van der Waals surface area contributed by atoms with Crippen LogP contribution in [0.1, 0.15) is 10.4 Å². The molecule has 20 heavy (non-hydrogen) atoms. The fraction of sp³-hybridized carbons (Fsp3) is 0.0714. The van der Waals surface area contributed by atoms with Gasteiger partial charge in [-0.05, 0) is 30.3 Å². The van der Waals surface area contributed by atoms with E-state index in [1.807, 2.05) is 0 Å². The summed E-state index contributed by atoms with van der Waals surface area (Å²) in [6, 6.07) is 8.49. The van der Waals surface area contributed by atoms with Gasteiger partial charge in [-0.25, -0.2) is 0 Å². The fourth-order valence-electron chi connectivity index (χ4n) is 1.62. The van der Waals surface area contributed by atoms with E-state index in [0.29, 0.717) is 11.4 Å². The normalized spacial score (nSPS) is 10.1. The average Bonchev–Trinajstić information content (AvgIpc) is 2.42. The number of carbonyl (C=O) groups is 1. The molecule has 104 valence electrons. The fourth-order valence-corrected chi connectivity index (χ4v) is 1.84. The SMILES string of the molecule is COc1ccc(O)c(C(=O)Nc2ccc(O)cc2Cl)c1. The Balaban J connectivity index is 2.28. The van der Waals surface area contributed by atoms with E-state index in [9.17, 15) is 15.0 Å². The molecule has 5 nitrogen and oxygen atoms in total. The largest absolute Gasteiger partial charge is 0.508 e. The third kappa shape index (κ3) is 2.95. The molecule has 0 saturated carbocycles. The molecule has 0 saturated heterocycles. The molecule has 0 aliphatic rings. The van der Waals surface area contributed by atoms with Crippen LogP contribution in [0.2, 0.25) is 5.02 Å². The maximum Gasteiger partial charge on any atom is 0.259 e. The number of nitrogens with one attached hydrogen (secondary N) is 1. The Labute approximate surface area is 120 Å². The first-order valence-corrected chi connectivity index (χ1v) is 6.06. The molecular formula is C14H12ClNO4. The highest BCUT2D eigenvalue weighted by Crippen LogP contribution is 2.28. The van der Waals surface area contributed by atoms with E-state index in [1.165, 1.54) is 37.4 Å². The Kier molecular flexibility index (Phi) is 4.00. The standard InChI is InChI=1S/C14H12ClNO4/c1-20-9-3-5-13(18)10(7-9)14(19)16-12-4-2-8(17)6-11(12)15/h2-7,17-18H,1H3,(H,16,19). The van der Waals surface area contributed by atoms with Gasteiger partial charge in [0, 0.05) is 6.07 Å². The number of anilines is 1. The lowest BCUT2D eigenvalue weighted by atomic mass is 10.1. The van der Waals surface area contributed by atoms with Crippen LogP contribution in [0.3, 0.4) is 0 Å². The maximum atomic E-state index is 12.1. The molecule has 0 bridgehead atoms. The second kappa shape index (κ2) is 5.71. The van der Waals surface area contributed by atoms with E-state index in [2.05, 4.69) is 5.32 Å². The van der Waals surface area contributed by atoms with Gasteiger partial charge in [0.05, 0.1) is 23.4 Å². The number of rotatable bonds is 3. The Morgan fingerprint density at radius 3 is 2.60 bits per heavy atom. The molecule has 0 aliphatic heterocycles. The number of aromatic hydroxyl groups is 2. The van der Waals surface area contributed by atoms with Crippen molar-refractivity contribution >= 4 is 23.2 Å². The molecule has 0 atom stereocenters. The minimum absolute atomic E-state index is 0.00257. The van der Waals surface area contributed by atoms with Gasteiger partial charge in [-0.3, -0.25) is 4.79 Å². The van der Waals surface area contributed by atoms with Crippen molar-refractivity contribution in [2.75, 3.05) is 12.4 Å². The van der Waals surface area contributed by atoms with Gasteiger partial charge in [0.25, 0.3) is 5.91 Å². The lowest BCUT2D eigenvalue weighted by molar-refractivity contribution is 0.102. The van der Waals surface area contributed by atoms with Crippen molar-refractivity contribution in [3.05, 3.63) is 47.0 Å². The molecule has 3 N–H and O–H groups in total. The molecule has 2 rings (SSSR count). The summed E-state index contributed by atoms with van der Waals surface area (Å²) in [4.78, 5) is 12.1. The number of hydrogen-bond acceptors (Lipinski definition) is 4. The Bertz CT molecular complexity index is 658. The van der Waals surface area contributed by atoms with E-state index in [4.69, 9.17) is 16.3 Å². The lowest BCUT2D eigenvalue weighted by Crippen LogP contribution is -2.12. The zero-order valence-corrected chi connectivity index (χ0v) is 11.3. The molecule has 6 heteroatoms. The quantitative estimate of drug-likeness (QED) is 0.760. The van der Waals surface area contributed by atoms with Crippen molar-refractivity contribution < 1.29 is 19.7 Å². The summed E-state index contributed by atoms with van der Waals surface area (Å²) in [7, 11) is 1.46. The third-order valence-electron chi connectivity index (χ3n) is 2.65. The van der Waals surface area contributed by atoms with Crippen molar-refractivity contribution in [1.82, 2.24) is 0 Å². The number of carbonyl (C=O) groups excluding carboxylic acids is 1. The van der Waals surface area contributed by atoms with Crippen LogP contribution in [0.25, 0.3) is 0 Å². The number of benzene rings is 2. The van der Waals surface area contributed by atoms with E-state index in [0.717, 1.165) is 0 Å². The monoisotopic (exact) mass is 293 g/mol. The zero-order chi connectivity index (χ0) is 14.7. The summed E-state index contributed by atoms with van der Waals surface area (Å²) in [5.41, 5.74) is 0.394. The van der Waals surface area contributed by atoms with E-state index in [1.54, 1.807) is 6.07 Å². The van der Waals surface area contributed by atoms with Gasteiger partial charge in [-0.1, -0.05) is 11.6 Å². The summed E-state index contributed by atoms with van der Waals surface area (Å²) in [5, 5.41) is 21.7. The molecule has 0 radical (unpaired) electrons. The second-order valence-electron chi connectivity index (χ2n) is 4.00. The average molecular weight is 294 g/mol. The van der Waals surface area contributed by atoms with Crippen LogP contribution in [0.15, 0.2) is 36.4 Å². The van der Waals surface area contributed by atoms with E-state index >= 15 is 0 Å². The van der Waals surface area contributed by atoms with Crippen molar-refractivity contribution in [1.29, 1.82) is 0 Å². The topological polar surface area (TPSA) is 78.8 Å². The van der Waals surface area contributed by atoms with Gasteiger partial charge in [0.2, 0.25) is 0 Å². The number of phenolic OH excluding ortho intramolecular Hbond substituents is 2. The van der Waals surface area contributed by atoms with Crippen LogP contribution in [0.4, 0.5) is 5.69 Å². The van der Waals surface area contributed by atoms with Gasteiger partial charge >= 0.3 is 0 Å². The molecule has 2 aromatic carbocycles. The van der Waals surface area contributed by atoms with Crippen molar-refractivity contribution in [3.63, 3.8) is 0 Å². The summed E-state index contributed by atoms with van der Waals surface area (Å²) in [6.45, 7) is 0. The van der Waals surface area contributed by atoms with Crippen LogP contribution in [0, 0.1) is 0 Å². The number of amides is 1. The first kappa shape index (κ1) is 14.0. The van der Waals surface area contributed by atoms with E-state index < -0.39 is 5.91 Å². The van der Waals surface area contributed by atoms with Crippen LogP contribution in [0.5, 0.6) is 17.2 Å². The van der Waals surface area contributed by atoms with Crippen LogP contribution < -0.4 is 10.1 Å². The Morgan fingerprint density at radius 1 is 1.20 bits per heavy atom. The molecule has 1 amide bonds. The predicted octanol–water partition coefficient (Wildman–Crippen LogP) is 3.01. The summed E-state index contributed by atoms with van der Waals surface area (Å²) in [6.07, 6.45) is 0. The van der Waals surface area contributed by atoms with Crippen molar-refractivity contribution in [2.45, 2.75) is 0 Å². The zero-order valence-electron chi connectivity index (χ0n) is 10.6. The molecule has 0 spiro atoms. The summed E-state index contributed by atoms with van der Waals surface area (Å²) >= 11 is 5.90. The predicted molar refractivity (Wildman–Crippen MR) is 75.7 cm³/mol. The summed E-state index contributed by atoms with van der Waals surface area (Å²) < 4.78 is 5.00. The number of halogens is 1.